The van der Waals surface area contributed by atoms with Gasteiger partial charge in [-0.05, 0) is 24.7 Å². The summed E-state index contributed by atoms with van der Waals surface area (Å²) in [5.41, 5.74) is 3.53. The maximum absolute atomic E-state index is 4.20. The summed E-state index contributed by atoms with van der Waals surface area (Å²) < 4.78 is 0.344. The third-order valence-electron chi connectivity index (χ3n) is 4.26. The molecule has 2 aromatic rings. The molecule has 1 aromatic heterocycles. The van der Waals surface area contributed by atoms with Crippen molar-refractivity contribution >= 4 is 11.8 Å². The Hall–Kier alpha value is -1.26. The Morgan fingerprint density at radius 1 is 1.19 bits per heavy atom. The highest BCUT2D eigenvalue weighted by Crippen LogP contribution is 2.29. The van der Waals surface area contributed by atoms with E-state index in [0.29, 0.717) is 4.75 Å². The number of nitrogens with zero attached hydrogens (tertiary/aromatic N) is 1. The zero-order valence-electron chi connectivity index (χ0n) is 13.1. The first kappa shape index (κ1) is 16.1. The van der Waals surface area contributed by atoms with Gasteiger partial charge in [0.1, 0.15) is 0 Å². The third kappa shape index (κ3) is 3.89. The van der Waals surface area contributed by atoms with E-state index in [1.165, 1.54) is 24.0 Å². The lowest BCUT2D eigenvalue weighted by molar-refractivity contribution is 0.495. The lowest BCUT2D eigenvalue weighted by atomic mass is 10.0. The largest absolute Gasteiger partial charge is 0.311 e. The molecule has 2 N–H and O–H groups in total. The number of rotatable bonds is 8. The normalized spacial score (nSPS) is 11.8. The Morgan fingerprint density at radius 2 is 1.90 bits per heavy atom. The molecule has 3 nitrogen and oxygen atoms in total. The van der Waals surface area contributed by atoms with Crippen molar-refractivity contribution in [3.05, 3.63) is 42.1 Å². The Bertz CT molecular complexity index is 524. The Balaban J connectivity index is 2.01. The number of benzene rings is 1. The van der Waals surface area contributed by atoms with E-state index in [0.717, 1.165) is 18.8 Å². The average Bonchev–Trinajstić information content (AvgIpc) is 3.01. The fourth-order valence-electron chi connectivity index (χ4n) is 2.59. The van der Waals surface area contributed by atoms with E-state index < -0.39 is 0 Å². The van der Waals surface area contributed by atoms with Gasteiger partial charge in [-0.15, -0.1) is 0 Å². The molecule has 0 saturated carbocycles. The van der Waals surface area contributed by atoms with Gasteiger partial charge in [0, 0.05) is 23.4 Å². The van der Waals surface area contributed by atoms with Gasteiger partial charge in [0.2, 0.25) is 0 Å². The summed E-state index contributed by atoms with van der Waals surface area (Å²) in [6.45, 7) is 6.42. The summed E-state index contributed by atoms with van der Waals surface area (Å²) in [5, 5.41) is 10.9. The first-order valence-electron chi connectivity index (χ1n) is 7.58. The quantitative estimate of drug-likeness (QED) is 0.772. The fraction of sp³-hybridized carbons (Fsp3) is 0.471. The van der Waals surface area contributed by atoms with Gasteiger partial charge in [0.05, 0.1) is 11.9 Å². The van der Waals surface area contributed by atoms with Crippen LogP contribution in [-0.4, -0.2) is 27.7 Å². The molecule has 1 heterocycles. The maximum atomic E-state index is 4.20. The van der Waals surface area contributed by atoms with Crippen LogP contribution in [0.1, 0.15) is 32.3 Å². The second-order valence-corrected chi connectivity index (χ2v) is 6.61. The summed E-state index contributed by atoms with van der Waals surface area (Å²) in [7, 11) is 0. The van der Waals surface area contributed by atoms with Crippen molar-refractivity contribution in [1.29, 1.82) is 0 Å². The van der Waals surface area contributed by atoms with Crippen LogP contribution < -0.4 is 5.32 Å². The highest BCUT2D eigenvalue weighted by molar-refractivity contribution is 8.00. The predicted octanol–water partition coefficient (Wildman–Crippen LogP) is 4.09. The monoisotopic (exact) mass is 303 g/mol. The van der Waals surface area contributed by atoms with Crippen molar-refractivity contribution in [1.82, 2.24) is 15.5 Å². The number of hydrogen-bond donors (Lipinski definition) is 2. The average molecular weight is 303 g/mol. The molecular weight excluding hydrogens is 278 g/mol. The molecule has 0 saturated heterocycles. The molecule has 0 aliphatic rings. The van der Waals surface area contributed by atoms with Gasteiger partial charge < -0.3 is 5.32 Å². The molecule has 0 unspecified atom stereocenters. The van der Waals surface area contributed by atoms with Crippen LogP contribution in [0.25, 0.3) is 11.3 Å². The van der Waals surface area contributed by atoms with E-state index in [4.69, 9.17) is 0 Å². The molecule has 0 aliphatic heterocycles. The Labute approximate surface area is 131 Å². The lowest BCUT2D eigenvalue weighted by Gasteiger charge is -2.30. The minimum Gasteiger partial charge on any atom is -0.311 e. The lowest BCUT2D eigenvalue weighted by Crippen LogP contribution is -2.36. The maximum Gasteiger partial charge on any atom is 0.0695 e. The summed E-state index contributed by atoms with van der Waals surface area (Å²) in [6, 6.07) is 10.4. The fourth-order valence-corrected chi connectivity index (χ4v) is 3.41. The van der Waals surface area contributed by atoms with E-state index in [1.807, 2.05) is 24.0 Å². The van der Waals surface area contributed by atoms with Crippen molar-refractivity contribution < 1.29 is 0 Å². The highest BCUT2D eigenvalue weighted by atomic mass is 32.2. The molecule has 4 heteroatoms. The highest BCUT2D eigenvalue weighted by Gasteiger charge is 2.24. The molecule has 21 heavy (non-hydrogen) atoms. The molecule has 0 fully saturated rings. The van der Waals surface area contributed by atoms with Gasteiger partial charge in [0.15, 0.2) is 0 Å². The van der Waals surface area contributed by atoms with E-state index in [1.54, 1.807) is 0 Å². The number of hydrogen-bond acceptors (Lipinski definition) is 3. The predicted molar refractivity (Wildman–Crippen MR) is 92.6 cm³/mol. The Kier molecular flexibility index (Phi) is 5.88. The van der Waals surface area contributed by atoms with Crippen LogP contribution in [0.5, 0.6) is 0 Å². The molecule has 0 aliphatic carbocycles. The number of thioether (sulfide) groups is 1. The molecule has 2 rings (SSSR count). The molecule has 0 radical (unpaired) electrons. The van der Waals surface area contributed by atoms with Gasteiger partial charge in [-0.25, -0.2) is 0 Å². The van der Waals surface area contributed by atoms with Gasteiger partial charge in [-0.1, -0.05) is 44.2 Å². The van der Waals surface area contributed by atoms with E-state index in [9.17, 15) is 0 Å². The molecular formula is C17H25N3S. The first-order chi connectivity index (χ1) is 10.2. The first-order valence-corrected chi connectivity index (χ1v) is 8.80. The minimum atomic E-state index is 0.344. The van der Waals surface area contributed by atoms with Crippen molar-refractivity contribution in [2.75, 3.05) is 12.8 Å². The van der Waals surface area contributed by atoms with E-state index in [-0.39, 0.29) is 0 Å². The van der Waals surface area contributed by atoms with Crippen LogP contribution >= 0.6 is 11.8 Å². The zero-order valence-corrected chi connectivity index (χ0v) is 14.0. The standard InChI is InChI=1S/C17H25N3S/c1-4-17(5-2,21-3)13-18-11-15-12-19-20-16(15)14-9-7-6-8-10-14/h6-10,12,18H,4-5,11,13H2,1-3H3,(H,19,20). The van der Waals surface area contributed by atoms with Crippen LogP contribution in [-0.2, 0) is 6.54 Å². The van der Waals surface area contributed by atoms with Crippen molar-refractivity contribution in [2.24, 2.45) is 0 Å². The van der Waals surface area contributed by atoms with Crippen LogP contribution in [0.15, 0.2) is 36.5 Å². The van der Waals surface area contributed by atoms with Crippen molar-refractivity contribution in [3.63, 3.8) is 0 Å². The van der Waals surface area contributed by atoms with Gasteiger partial charge in [-0.3, -0.25) is 5.10 Å². The van der Waals surface area contributed by atoms with Gasteiger partial charge >= 0.3 is 0 Å². The van der Waals surface area contributed by atoms with Crippen LogP contribution in [0, 0.1) is 0 Å². The molecule has 0 amide bonds. The molecule has 0 spiro atoms. The van der Waals surface area contributed by atoms with Crippen LogP contribution in [0.3, 0.4) is 0 Å². The topological polar surface area (TPSA) is 40.7 Å². The van der Waals surface area contributed by atoms with Crippen LogP contribution in [0.2, 0.25) is 0 Å². The number of H-pyrrole nitrogens is 1. The minimum absolute atomic E-state index is 0.344. The smallest absolute Gasteiger partial charge is 0.0695 e. The second-order valence-electron chi connectivity index (χ2n) is 5.33. The number of aromatic amines is 1. The summed E-state index contributed by atoms with van der Waals surface area (Å²) >= 11 is 1.97. The van der Waals surface area contributed by atoms with Crippen molar-refractivity contribution in [2.45, 2.75) is 38.0 Å². The van der Waals surface area contributed by atoms with Gasteiger partial charge in [0.25, 0.3) is 0 Å². The van der Waals surface area contributed by atoms with Crippen molar-refractivity contribution in [3.8, 4) is 11.3 Å². The van der Waals surface area contributed by atoms with E-state index >= 15 is 0 Å². The van der Waals surface area contributed by atoms with Crippen LogP contribution in [0.4, 0.5) is 0 Å². The molecule has 1 aromatic carbocycles. The summed E-state index contributed by atoms with van der Waals surface area (Å²) in [6.07, 6.45) is 6.51. The summed E-state index contributed by atoms with van der Waals surface area (Å²) in [5.74, 6) is 0. The Morgan fingerprint density at radius 3 is 2.52 bits per heavy atom. The molecule has 0 bridgehead atoms. The third-order valence-corrected chi connectivity index (χ3v) is 5.85. The SMILES string of the molecule is CCC(CC)(CNCc1cn[nH]c1-c1ccccc1)SC. The molecule has 0 atom stereocenters. The van der Waals surface area contributed by atoms with Gasteiger partial charge in [-0.2, -0.15) is 16.9 Å². The zero-order chi connectivity index (χ0) is 15.1. The second kappa shape index (κ2) is 7.66. The van der Waals surface area contributed by atoms with E-state index in [2.05, 4.69) is 59.9 Å². The summed E-state index contributed by atoms with van der Waals surface area (Å²) in [4.78, 5) is 0. The number of aromatic nitrogens is 2. The molecule has 114 valence electrons. The number of nitrogens with one attached hydrogen (secondary N) is 2.